The second-order valence-corrected chi connectivity index (χ2v) is 6.07. The topological polar surface area (TPSA) is 55.1 Å². The lowest BCUT2D eigenvalue weighted by atomic mass is 9.86. The Bertz CT molecular complexity index is 426. The van der Waals surface area contributed by atoms with Gasteiger partial charge in [0, 0.05) is 5.02 Å². The predicted molar refractivity (Wildman–Crippen MR) is 75.4 cm³/mol. The molecule has 1 aromatic carbocycles. The first-order valence-corrected chi connectivity index (χ1v) is 6.41. The molecule has 1 rings (SSSR count). The minimum absolute atomic E-state index is 0.107. The second-order valence-electron chi connectivity index (χ2n) is 5.63. The van der Waals surface area contributed by atoms with Crippen LogP contribution in [0.25, 0.3) is 0 Å². The summed E-state index contributed by atoms with van der Waals surface area (Å²) in [6.45, 7) is 7.75. The molecule has 0 heterocycles. The van der Waals surface area contributed by atoms with Gasteiger partial charge in [0.15, 0.2) is 0 Å². The van der Waals surface area contributed by atoms with Crippen LogP contribution in [0.2, 0.25) is 5.02 Å². The highest BCUT2D eigenvalue weighted by Crippen LogP contribution is 2.20. The molecule has 0 spiro atoms. The fourth-order valence-corrected chi connectivity index (χ4v) is 1.75. The van der Waals surface area contributed by atoms with E-state index in [9.17, 15) is 4.79 Å². The van der Waals surface area contributed by atoms with Crippen LogP contribution in [0.3, 0.4) is 0 Å². The van der Waals surface area contributed by atoms with Gasteiger partial charge in [-0.05, 0) is 30.0 Å². The summed E-state index contributed by atoms with van der Waals surface area (Å²) in [5, 5.41) is 3.57. The van der Waals surface area contributed by atoms with Crippen molar-refractivity contribution in [3.63, 3.8) is 0 Å². The van der Waals surface area contributed by atoms with Crippen molar-refractivity contribution >= 4 is 17.5 Å². The van der Waals surface area contributed by atoms with E-state index in [4.69, 9.17) is 17.3 Å². The average Bonchev–Trinajstić information content (AvgIpc) is 2.26. The van der Waals surface area contributed by atoms with Crippen molar-refractivity contribution in [3.05, 3.63) is 34.9 Å². The maximum absolute atomic E-state index is 12.0. The number of amides is 1. The van der Waals surface area contributed by atoms with Gasteiger partial charge in [-0.25, -0.2) is 0 Å². The van der Waals surface area contributed by atoms with Crippen molar-refractivity contribution in [1.29, 1.82) is 0 Å². The third-order valence-corrected chi connectivity index (χ3v) is 3.16. The van der Waals surface area contributed by atoms with Crippen molar-refractivity contribution in [2.24, 2.45) is 11.1 Å². The van der Waals surface area contributed by atoms with Gasteiger partial charge in [0.25, 0.3) is 0 Å². The molecule has 1 aromatic rings. The van der Waals surface area contributed by atoms with E-state index in [0.717, 1.165) is 5.56 Å². The molecular formula is C14H21ClN2O. The first kappa shape index (κ1) is 15.0. The molecule has 1 amide bonds. The van der Waals surface area contributed by atoms with Gasteiger partial charge < -0.3 is 11.1 Å². The molecule has 0 aromatic heterocycles. The van der Waals surface area contributed by atoms with E-state index in [1.165, 1.54) is 0 Å². The van der Waals surface area contributed by atoms with E-state index in [1.54, 1.807) is 6.07 Å². The van der Waals surface area contributed by atoms with Crippen LogP contribution in [-0.2, 0) is 4.79 Å². The van der Waals surface area contributed by atoms with Crippen molar-refractivity contribution in [2.45, 2.75) is 39.8 Å². The SMILES string of the molecule is C[C@@H](NC(=O)[C@H](N)C(C)(C)C)c1cccc(Cl)c1. The van der Waals surface area contributed by atoms with Gasteiger partial charge in [0.05, 0.1) is 12.1 Å². The van der Waals surface area contributed by atoms with Gasteiger partial charge in [-0.2, -0.15) is 0 Å². The third-order valence-electron chi connectivity index (χ3n) is 2.92. The number of benzene rings is 1. The number of nitrogens with two attached hydrogens (primary N) is 1. The smallest absolute Gasteiger partial charge is 0.237 e. The van der Waals surface area contributed by atoms with Crippen LogP contribution in [-0.4, -0.2) is 11.9 Å². The largest absolute Gasteiger partial charge is 0.348 e. The molecule has 100 valence electrons. The summed E-state index contributed by atoms with van der Waals surface area (Å²) in [4.78, 5) is 12.0. The fraction of sp³-hybridized carbons (Fsp3) is 0.500. The molecule has 18 heavy (non-hydrogen) atoms. The summed E-state index contributed by atoms with van der Waals surface area (Å²) in [6.07, 6.45) is 0. The molecule has 4 heteroatoms. The average molecular weight is 269 g/mol. The van der Waals surface area contributed by atoms with Crippen LogP contribution >= 0.6 is 11.6 Å². The Hall–Kier alpha value is -1.06. The van der Waals surface area contributed by atoms with Crippen LogP contribution in [0.4, 0.5) is 0 Å². The molecule has 3 nitrogen and oxygen atoms in total. The van der Waals surface area contributed by atoms with Gasteiger partial charge >= 0.3 is 0 Å². The maximum atomic E-state index is 12.0. The Kier molecular flexibility index (Phi) is 4.77. The summed E-state index contributed by atoms with van der Waals surface area (Å²) >= 11 is 5.92. The van der Waals surface area contributed by atoms with Crippen LogP contribution in [0.5, 0.6) is 0 Å². The molecule has 0 aliphatic carbocycles. The molecule has 0 saturated heterocycles. The highest BCUT2D eigenvalue weighted by Gasteiger charge is 2.28. The van der Waals surface area contributed by atoms with E-state index < -0.39 is 6.04 Å². The number of halogens is 1. The van der Waals surface area contributed by atoms with E-state index in [1.807, 2.05) is 45.9 Å². The molecule has 0 fully saturated rings. The highest BCUT2D eigenvalue weighted by atomic mass is 35.5. The standard InChI is InChI=1S/C14H21ClN2O/c1-9(10-6-5-7-11(15)8-10)17-13(18)12(16)14(2,3)4/h5-9,12H,16H2,1-4H3,(H,17,18)/t9-,12+/m1/s1. The van der Waals surface area contributed by atoms with Crippen LogP contribution in [0.1, 0.15) is 39.3 Å². The molecule has 0 aliphatic heterocycles. The summed E-state index contributed by atoms with van der Waals surface area (Å²) in [7, 11) is 0. The monoisotopic (exact) mass is 268 g/mol. The Labute approximate surface area is 114 Å². The van der Waals surface area contributed by atoms with Crippen molar-refractivity contribution < 1.29 is 4.79 Å². The van der Waals surface area contributed by atoms with E-state index in [-0.39, 0.29) is 17.4 Å². The van der Waals surface area contributed by atoms with Crippen molar-refractivity contribution in [3.8, 4) is 0 Å². The normalized spacial score (nSPS) is 15.0. The van der Waals surface area contributed by atoms with Gasteiger partial charge in [-0.3, -0.25) is 4.79 Å². The van der Waals surface area contributed by atoms with Crippen molar-refractivity contribution in [1.82, 2.24) is 5.32 Å². The minimum atomic E-state index is -0.529. The minimum Gasteiger partial charge on any atom is -0.348 e. The quantitative estimate of drug-likeness (QED) is 0.886. The summed E-state index contributed by atoms with van der Waals surface area (Å²) in [5.41, 5.74) is 6.63. The zero-order valence-electron chi connectivity index (χ0n) is 11.3. The number of hydrogen-bond acceptors (Lipinski definition) is 2. The van der Waals surface area contributed by atoms with Gasteiger partial charge in [0.1, 0.15) is 0 Å². The zero-order chi connectivity index (χ0) is 13.9. The maximum Gasteiger partial charge on any atom is 0.237 e. The summed E-state index contributed by atoms with van der Waals surface area (Å²) in [6, 6.07) is 6.81. The Morgan fingerprint density at radius 1 is 1.39 bits per heavy atom. The van der Waals surface area contributed by atoms with Crippen LogP contribution < -0.4 is 11.1 Å². The third kappa shape index (κ3) is 4.00. The summed E-state index contributed by atoms with van der Waals surface area (Å²) < 4.78 is 0. The lowest BCUT2D eigenvalue weighted by Gasteiger charge is -2.27. The van der Waals surface area contributed by atoms with E-state index in [2.05, 4.69) is 5.32 Å². The molecule has 0 aliphatic rings. The first-order valence-electron chi connectivity index (χ1n) is 6.03. The molecule has 0 bridgehead atoms. The second kappa shape index (κ2) is 5.72. The van der Waals surface area contributed by atoms with E-state index >= 15 is 0 Å². The van der Waals surface area contributed by atoms with Crippen molar-refractivity contribution in [2.75, 3.05) is 0 Å². The molecular weight excluding hydrogens is 248 g/mol. The Balaban J connectivity index is 2.71. The highest BCUT2D eigenvalue weighted by molar-refractivity contribution is 6.30. The molecule has 2 atom stereocenters. The van der Waals surface area contributed by atoms with Crippen LogP contribution in [0, 0.1) is 5.41 Å². The fourth-order valence-electron chi connectivity index (χ4n) is 1.56. The van der Waals surface area contributed by atoms with Gasteiger partial charge in [0.2, 0.25) is 5.91 Å². The lowest BCUT2D eigenvalue weighted by Crippen LogP contribution is -2.49. The van der Waals surface area contributed by atoms with Crippen LogP contribution in [0.15, 0.2) is 24.3 Å². The number of carbonyl (C=O) groups is 1. The number of rotatable bonds is 3. The Morgan fingerprint density at radius 3 is 2.50 bits per heavy atom. The Morgan fingerprint density at radius 2 is 2.00 bits per heavy atom. The lowest BCUT2D eigenvalue weighted by molar-refractivity contribution is -0.125. The predicted octanol–water partition coefficient (Wildman–Crippen LogP) is 2.89. The zero-order valence-corrected chi connectivity index (χ0v) is 12.1. The van der Waals surface area contributed by atoms with E-state index in [0.29, 0.717) is 5.02 Å². The number of nitrogens with one attached hydrogen (secondary N) is 1. The molecule has 3 N–H and O–H groups in total. The van der Waals surface area contributed by atoms with Gasteiger partial charge in [-0.15, -0.1) is 0 Å². The molecule has 0 unspecified atom stereocenters. The molecule has 0 radical (unpaired) electrons. The number of carbonyl (C=O) groups excluding carboxylic acids is 1. The number of hydrogen-bond donors (Lipinski definition) is 2. The summed E-state index contributed by atoms with van der Waals surface area (Å²) in [5.74, 6) is -0.144. The van der Waals surface area contributed by atoms with Gasteiger partial charge in [-0.1, -0.05) is 44.5 Å². The first-order chi connectivity index (χ1) is 8.21. The molecule has 0 saturated carbocycles.